The van der Waals surface area contributed by atoms with Crippen molar-refractivity contribution >= 4 is 35.0 Å². The van der Waals surface area contributed by atoms with Crippen molar-refractivity contribution in [3.63, 3.8) is 0 Å². The first-order valence-corrected chi connectivity index (χ1v) is 8.78. The van der Waals surface area contributed by atoms with E-state index >= 15 is 0 Å². The van der Waals surface area contributed by atoms with E-state index in [1.165, 1.54) is 12.1 Å². The van der Waals surface area contributed by atoms with Gasteiger partial charge in [-0.1, -0.05) is 11.6 Å². The molecule has 2 aliphatic heterocycles. The van der Waals surface area contributed by atoms with Crippen LogP contribution in [0.3, 0.4) is 0 Å². The normalized spacial score (nSPS) is 23.8. The van der Waals surface area contributed by atoms with E-state index in [1.54, 1.807) is 11.0 Å². The highest BCUT2D eigenvalue weighted by atomic mass is 35.5. The molecule has 0 aliphatic carbocycles. The molecular formula is C15H18ClFN2OS. The van der Waals surface area contributed by atoms with Crippen molar-refractivity contribution in [2.75, 3.05) is 23.0 Å². The van der Waals surface area contributed by atoms with Gasteiger partial charge in [0.2, 0.25) is 5.91 Å². The van der Waals surface area contributed by atoms with E-state index in [-0.39, 0.29) is 17.0 Å². The molecule has 2 saturated heterocycles. The van der Waals surface area contributed by atoms with Crippen molar-refractivity contribution in [1.82, 2.24) is 5.32 Å². The van der Waals surface area contributed by atoms with Crippen molar-refractivity contribution in [2.24, 2.45) is 0 Å². The number of benzene rings is 1. The molecule has 21 heavy (non-hydrogen) atoms. The van der Waals surface area contributed by atoms with E-state index in [2.05, 4.69) is 5.32 Å². The van der Waals surface area contributed by atoms with E-state index in [0.29, 0.717) is 18.3 Å². The zero-order chi connectivity index (χ0) is 14.8. The second kappa shape index (κ2) is 6.55. The van der Waals surface area contributed by atoms with Crippen LogP contribution in [0, 0.1) is 5.82 Å². The fourth-order valence-corrected chi connectivity index (χ4v) is 4.12. The second-order valence-electron chi connectivity index (χ2n) is 5.48. The molecule has 1 N–H and O–H groups in total. The number of carbonyl (C=O) groups is 1. The molecule has 0 bridgehead atoms. The van der Waals surface area contributed by atoms with Crippen LogP contribution in [0.25, 0.3) is 0 Å². The van der Waals surface area contributed by atoms with E-state index in [4.69, 9.17) is 11.6 Å². The Labute approximate surface area is 133 Å². The van der Waals surface area contributed by atoms with Gasteiger partial charge in [-0.2, -0.15) is 11.8 Å². The summed E-state index contributed by atoms with van der Waals surface area (Å²) in [5, 5.41) is 3.55. The molecular weight excluding hydrogens is 311 g/mol. The highest BCUT2D eigenvalue weighted by Gasteiger charge is 2.34. The molecule has 1 amide bonds. The first-order chi connectivity index (χ1) is 10.1. The number of hydrogen-bond acceptors (Lipinski definition) is 3. The van der Waals surface area contributed by atoms with Gasteiger partial charge in [0.15, 0.2) is 0 Å². The van der Waals surface area contributed by atoms with Crippen molar-refractivity contribution in [3.05, 3.63) is 29.0 Å². The fraction of sp³-hybridized carbons (Fsp3) is 0.533. The topological polar surface area (TPSA) is 32.3 Å². The lowest BCUT2D eigenvalue weighted by atomic mass is 10.1. The summed E-state index contributed by atoms with van der Waals surface area (Å²) in [7, 11) is 0. The van der Waals surface area contributed by atoms with Crippen LogP contribution in [-0.4, -0.2) is 36.0 Å². The number of nitrogens with one attached hydrogen (secondary N) is 1. The van der Waals surface area contributed by atoms with Crippen LogP contribution in [0.1, 0.15) is 19.3 Å². The van der Waals surface area contributed by atoms with Crippen molar-refractivity contribution in [2.45, 2.75) is 31.3 Å². The first kappa shape index (κ1) is 15.1. The number of halogens is 2. The first-order valence-electron chi connectivity index (χ1n) is 7.25. The van der Waals surface area contributed by atoms with Crippen molar-refractivity contribution in [3.8, 4) is 0 Å². The predicted octanol–water partition coefficient (Wildman–Crippen LogP) is 3.07. The predicted molar refractivity (Wildman–Crippen MR) is 85.7 cm³/mol. The Morgan fingerprint density at radius 2 is 2.05 bits per heavy atom. The molecule has 0 aromatic heterocycles. The Hall–Kier alpha value is -0.780. The minimum atomic E-state index is -0.484. The molecule has 3 nitrogen and oxygen atoms in total. The monoisotopic (exact) mass is 328 g/mol. The van der Waals surface area contributed by atoms with Gasteiger partial charge in [0, 0.05) is 18.3 Å². The Morgan fingerprint density at radius 1 is 1.29 bits per heavy atom. The number of hydrogen-bond donors (Lipinski definition) is 1. The smallest absolute Gasteiger partial charge is 0.244 e. The third kappa shape index (κ3) is 3.35. The van der Waals surface area contributed by atoms with E-state index in [9.17, 15) is 9.18 Å². The average Bonchev–Trinajstić information content (AvgIpc) is 2.84. The molecule has 0 radical (unpaired) electrons. The largest absolute Gasteiger partial charge is 0.311 e. The van der Waals surface area contributed by atoms with Gasteiger partial charge in [-0.05, 0) is 49.0 Å². The second-order valence-corrected chi connectivity index (χ2v) is 7.11. The molecule has 114 valence electrons. The minimum Gasteiger partial charge on any atom is -0.311 e. The van der Waals surface area contributed by atoms with Gasteiger partial charge < -0.3 is 10.2 Å². The third-order valence-electron chi connectivity index (χ3n) is 4.08. The Balaban J connectivity index is 1.66. The van der Waals surface area contributed by atoms with Gasteiger partial charge in [-0.3, -0.25) is 4.79 Å². The summed E-state index contributed by atoms with van der Waals surface area (Å²) in [6.07, 6.45) is 3.00. The quantitative estimate of drug-likeness (QED) is 0.925. The number of amides is 1. The maximum atomic E-state index is 13.5. The van der Waals surface area contributed by atoms with Gasteiger partial charge >= 0.3 is 0 Å². The average molecular weight is 329 g/mol. The zero-order valence-electron chi connectivity index (χ0n) is 11.6. The summed E-state index contributed by atoms with van der Waals surface area (Å²) in [6.45, 7) is 0.624. The molecule has 2 heterocycles. The third-order valence-corrected chi connectivity index (χ3v) is 5.43. The maximum absolute atomic E-state index is 13.5. The molecule has 1 aromatic carbocycles. The number of thioether (sulfide) groups is 1. The van der Waals surface area contributed by atoms with Gasteiger partial charge in [0.1, 0.15) is 5.82 Å². The van der Waals surface area contributed by atoms with Gasteiger partial charge in [0.25, 0.3) is 0 Å². The lowest BCUT2D eigenvalue weighted by Gasteiger charge is -2.25. The van der Waals surface area contributed by atoms with Crippen molar-refractivity contribution < 1.29 is 9.18 Å². The fourth-order valence-electron chi connectivity index (χ4n) is 2.89. The van der Waals surface area contributed by atoms with E-state index in [0.717, 1.165) is 30.8 Å². The summed E-state index contributed by atoms with van der Waals surface area (Å²) >= 11 is 7.66. The van der Waals surface area contributed by atoms with Crippen LogP contribution in [0.15, 0.2) is 18.2 Å². The molecule has 1 atom stereocenters. The van der Waals surface area contributed by atoms with Gasteiger partial charge in [-0.25, -0.2) is 4.39 Å². The number of nitrogens with zero attached hydrogens (tertiary/aromatic N) is 1. The zero-order valence-corrected chi connectivity index (χ0v) is 13.2. The lowest BCUT2D eigenvalue weighted by Crippen LogP contribution is -2.45. The van der Waals surface area contributed by atoms with Crippen molar-refractivity contribution in [1.29, 1.82) is 0 Å². The molecule has 0 saturated carbocycles. The number of carbonyl (C=O) groups excluding carboxylic acids is 1. The standard InChI is InChI=1S/C15H18ClFN2OS/c16-12-2-1-11(9-13(12)17)19-6-3-14(15(19)20)18-10-4-7-21-8-5-10/h1-2,9-10,14,18H,3-8H2/t14-/m0/s1. The Morgan fingerprint density at radius 3 is 2.76 bits per heavy atom. The number of rotatable bonds is 3. The van der Waals surface area contributed by atoms with Gasteiger partial charge in [-0.15, -0.1) is 0 Å². The highest BCUT2D eigenvalue weighted by Crippen LogP contribution is 2.26. The molecule has 6 heteroatoms. The van der Waals surface area contributed by atoms with E-state index in [1.807, 2.05) is 11.8 Å². The van der Waals surface area contributed by atoms with Crippen LogP contribution in [0.5, 0.6) is 0 Å². The summed E-state index contributed by atoms with van der Waals surface area (Å²) in [5.74, 6) is 1.87. The lowest BCUT2D eigenvalue weighted by molar-refractivity contribution is -0.119. The molecule has 2 fully saturated rings. The summed E-state index contributed by atoms with van der Waals surface area (Å²) in [5.41, 5.74) is 0.588. The summed E-state index contributed by atoms with van der Waals surface area (Å²) < 4.78 is 13.5. The Kier molecular flexibility index (Phi) is 4.72. The maximum Gasteiger partial charge on any atom is 0.244 e. The summed E-state index contributed by atoms with van der Waals surface area (Å²) in [6, 6.07) is 4.82. The van der Waals surface area contributed by atoms with Crippen LogP contribution in [-0.2, 0) is 4.79 Å². The summed E-state index contributed by atoms with van der Waals surface area (Å²) in [4.78, 5) is 14.1. The van der Waals surface area contributed by atoms with Crippen LogP contribution >= 0.6 is 23.4 Å². The highest BCUT2D eigenvalue weighted by molar-refractivity contribution is 7.99. The molecule has 1 aromatic rings. The molecule has 0 unspecified atom stereocenters. The Bertz CT molecular complexity index is 536. The SMILES string of the molecule is O=C1[C@@H](NC2CCSCC2)CCN1c1ccc(Cl)c(F)c1. The van der Waals surface area contributed by atoms with E-state index < -0.39 is 5.82 Å². The minimum absolute atomic E-state index is 0.0370. The molecule has 0 spiro atoms. The van der Waals surface area contributed by atoms with Crippen LogP contribution in [0.2, 0.25) is 5.02 Å². The molecule has 2 aliphatic rings. The van der Waals surface area contributed by atoms with Crippen LogP contribution in [0.4, 0.5) is 10.1 Å². The number of anilines is 1. The van der Waals surface area contributed by atoms with Gasteiger partial charge in [0.05, 0.1) is 11.1 Å². The van der Waals surface area contributed by atoms with Crippen LogP contribution < -0.4 is 10.2 Å². The molecule has 3 rings (SSSR count).